The van der Waals surface area contributed by atoms with Crippen molar-refractivity contribution in [3.05, 3.63) is 47.5 Å². The maximum Gasteiger partial charge on any atom is 0.249 e. The molecule has 4 rings (SSSR count). The third-order valence-electron chi connectivity index (χ3n) is 5.83. The van der Waals surface area contributed by atoms with Crippen LogP contribution >= 0.6 is 0 Å². The molecule has 0 saturated carbocycles. The third kappa shape index (κ3) is 4.17. The van der Waals surface area contributed by atoms with Gasteiger partial charge in [-0.1, -0.05) is 37.3 Å². The van der Waals surface area contributed by atoms with Gasteiger partial charge < -0.3 is 20.1 Å². The summed E-state index contributed by atoms with van der Waals surface area (Å²) in [5.41, 5.74) is 0.820. The fourth-order valence-corrected chi connectivity index (χ4v) is 4.15. The molecule has 8 nitrogen and oxygen atoms in total. The minimum atomic E-state index is -0.632. The molecular formula is C21H28N6O2. The molecule has 154 valence electrons. The van der Waals surface area contributed by atoms with Crippen molar-refractivity contribution in [3.8, 4) is 0 Å². The summed E-state index contributed by atoms with van der Waals surface area (Å²) < 4.78 is 2.23. The summed E-state index contributed by atoms with van der Waals surface area (Å²) in [6.07, 6.45) is 2.08. The number of likely N-dealkylation sites (tertiary alicyclic amines) is 1. The van der Waals surface area contributed by atoms with Gasteiger partial charge in [0.05, 0.1) is 6.54 Å². The number of carbonyl (C=O) groups is 2. The molecule has 1 aromatic heterocycles. The number of benzene rings is 1. The Labute approximate surface area is 170 Å². The number of hydrogen-bond donors (Lipinski definition) is 2. The van der Waals surface area contributed by atoms with Gasteiger partial charge in [-0.2, -0.15) is 0 Å². The average molecular weight is 396 g/mol. The standard InChI is InChI=1S/C21H28N6O2/c1-2-18(28)23-19(15-6-4-3-5-7-15)21(29)26-11-8-16(9-12-26)20-25-24-17-14-22-10-13-27(17)20/h3-7,16,19,22H,2,8-14H2,1H3,(H,23,28). The van der Waals surface area contributed by atoms with Crippen LogP contribution in [0.4, 0.5) is 0 Å². The number of amides is 2. The summed E-state index contributed by atoms with van der Waals surface area (Å²) in [7, 11) is 0. The predicted octanol–water partition coefficient (Wildman–Crippen LogP) is 1.35. The molecule has 2 aliphatic rings. The number of nitrogens with one attached hydrogen (secondary N) is 2. The molecule has 1 atom stereocenters. The van der Waals surface area contributed by atoms with E-state index in [0.717, 1.165) is 49.7 Å². The van der Waals surface area contributed by atoms with Gasteiger partial charge in [-0.25, -0.2) is 0 Å². The van der Waals surface area contributed by atoms with Crippen LogP contribution < -0.4 is 10.6 Å². The molecule has 1 unspecified atom stereocenters. The van der Waals surface area contributed by atoms with Crippen molar-refractivity contribution in [2.45, 2.75) is 51.2 Å². The molecule has 3 heterocycles. The van der Waals surface area contributed by atoms with E-state index in [1.807, 2.05) is 35.2 Å². The van der Waals surface area contributed by atoms with Crippen molar-refractivity contribution >= 4 is 11.8 Å². The van der Waals surface area contributed by atoms with E-state index in [2.05, 4.69) is 25.4 Å². The molecule has 0 aliphatic carbocycles. The zero-order chi connectivity index (χ0) is 20.2. The Bertz CT molecular complexity index is 857. The van der Waals surface area contributed by atoms with E-state index in [0.29, 0.717) is 25.4 Å². The molecule has 2 aromatic rings. The number of carbonyl (C=O) groups excluding carboxylic acids is 2. The van der Waals surface area contributed by atoms with Crippen LogP contribution in [0, 0.1) is 0 Å². The molecule has 1 saturated heterocycles. The van der Waals surface area contributed by atoms with Gasteiger partial charge in [0.25, 0.3) is 0 Å². The summed E-state index contributed by atoms with van der Waals surface area (Å²) in [5.74, 6) is 2.21. The molecule has 2 N–H and O–H groups in total. The largest absolute Gasteiger partial charge is 0.341 e. The normalized spacial score (nSPS) is 18.2. The van der Waals surface area contributed by atoms with E-state index in [1.165, 1.54) is 0 Å². The summed E-state index contributed by atoms with van der Waals surface area (Å²) >= 11 is 0. The number of hydrogen-bond acceptors (Lipinski definition) is 5. The first-order valence-corrected chi connectivity index (χ1v) is 10.4. The minimum absolute atomic E-state index is 0.0380. The molecule has 1 fully saturated rings. The number of rotatable bonds is 5. The van der Waals surface area contributed by atoms with E-state index in [-0.39, 0.29) is 11.8 Å². The Balaban J connectivity index is 1.44. The molecule has 0 radical (unpaired) electrons. The quantitative estimate of drug-likeness (QED) is 0.796. The first-order chi connectivity index (χ1) is 14.2. The average Bonchev–Trinajstić information content (AvgIpc) is 3.22. The lowest BCUT2D eigenvalue weighted by Crippen LogP contribution is -2.46. The summed E-state index contributed by atoms with van der Waals surface area (Å²) in [6.45, 7) is 5.72. The topological polar surface area (TPSA) is 92.2 Å². The molecule has 2 aliphatic heterocycles. The van der Waals surface area contributed by atoms with Crippen molar-refractivity contribution in [2.24, 2.45) is 0 Å². The lowest BCUT2D eigenvalue weighted by Gasteiger charge is -2.34. The smallest absolute Gasteiger partial charge is 0.249 e. The van der Waals surface area contributed by atoms with Crippen LogP contribution in [-0.2, 0) is 22.7 Å². The van der Waals surface area contributed by atoms with Crippen molar-refractivity contribution in [3.63, 3.8) is 0 Å². The van der Waals surface area contributed by atoms with Gasteiger partial charge in [-0.3, -0.25) is 9.59 Å². The van der Waals surface area contributed by atoms with E-state index >= 15 is 0 Å². The molecule has 29 heavy (non-hydrogen) atoms. The number of fused-ring (bicyclic) bond motifs is 1. The fourth-order valence-electron chi connectivity index (χ4n) is 4.15. The highest BCUT2D eigenvalue weighted by Gasteiger charge is 2.32. The van der Waals surface area contributed by atoms with E-state index in [4.69, 9.17) is 0 Å². The van der Waals surface area contributed by atoms with Crippen molar-refractivity contribution < 1.29 is 9.59 Å². The SMILES string of the molecule is CCC(=O)NC(C(=O)N1CCC(c2nnc3n2CCNC3)CC1)c1ccccc1. The van der Waals surface area contributed by atoms with Gasteiger partial charge >= 0.3 is 0 Å². The van der Waals surface area contributed by atoms with Crippen LogP contribution in [-0.4, -0.2) is 51.1 Å². The highest BCUT2D eigenvalue weighted by molar-refractivity contribution is 5.88. The molecule has 8 heteroatoms. The van der Waals surface area contributed by atoms with Crippen molar-refractivity contribution in [1.82, 2.24) is 30.3 Å². The van der Waals surface area contributed by atoms with Gasteiger partial charge in [0.2, 0.25) is 11.8 Å². The first kappa shape index (κ1) is 19.6. The second-order valence-corrected chi connectivity index (χ2v) is 7.67. The van der Waals surface area contributed by atoms with Gasteiger partial charge in [0.15, 0.2) is 0 Å². The maximum absolute atomic E-state index is 13.2. The highest BCUT2D eigenvalue weighted by Crippen LogP contribution is 2.29. The number of nitrogens with zero attached hydrogens (tertiary/aromatic N) is 4. The van der Waals surface area contributed by atoms with Crippen molar-refractivity contribution in [2.75, 3.05) is 19.6 Å². The molecule has 0 bridgehead atoms. The zero-order valence-electron chi connectivity index (χ0n) is 16.8. The van der Waals surface area contributed by atoms with Crippen LogP contribution in [0.2, 0.25) is 0 Å². The highest BCUT2D eigenvalue weighted by atomic mass is 16.2. The second-order valence-electron chi connectivity index (χ2n) is 7.67. The Morgan fingerprint density at radius 1 is 1.17 bits per heavy atom. The predicted molar refractivity (Wildman–Crippen MR) is 108 cm³/mol. The van der Waals surface area contributed by atoms with Crippen LogP contribution in [0.5, 0.6) is 0 Å². The summed E-state index contributed by atoms with van der Waals surface area (Å²) in [4.78, 5) is 27.1. The van der Waals surface area contributed by atoms with Crippen LogP contribution in [0.25, 0.3) is 0 Å². The third-order valence-corrected chi connectivity index (χ3v) is 5.83. The van der Waals surface area contributed by atoms with E-state index in [1.54, 1.807) is 6.92 Å². The Morgan fingerprint density at radius 2 is 1.93 bits per heavy atom. The van der Waals surface area contributed by atoms with Gasteiger partial charge in [0, 0.05) is 38.5 Å². The minimum Gasteiger partial charge on any atom is -0.341 e. The molecular weight excluding hydrogens is 368 g/mol. The van der Waals surface area contributed by atoms with Crippen LogP contribution in [0.1, 0.15) is 55.4 Å². The molecule has 1 aromatic carbocycles. The maximum atomic E-state index is 13.2. The summed E-state index contributed by atoms with van der Waals surface area (Å²) in [6, 6.07) is 8.84. The van der Waals surface area contributed by atoms with E-state index < -0.39 is 6.04 Å². The monoisotopic (exact) mass is 396 g/mol. The van der Waals surface area contributed by atoms with Crippen LogP contribution in [0.3, 0.4) is 0 Å². The van der Waals surface area contributed by atoms with Gasteiger partial charge in [-0.15, -0.1) is 10.2 Å². The Hall–Kier alpha value is -2.74. The lowest BCUT2D eigenvalue weighted by atomic mass is 9.94. The lowest BCUT2D eigenvalue weighted by molar-refractivity contribution is -0.137. The zero-order valence-corrected chi connectivity index (χ0v) is 16.8. The Morgan fingerprint density at radius 3 is 2.66 bits per heavy atom. The van der Waals surface area contributed by atoms with Crippen molar-refractivity contribution in [1.29, 1.82) is 0 Å². The van der Waals surface area contributed by atoms with Crippen LogP contribution in [0.15, 0.2) is 30.3 Å². The number of aromatic nitrogens is 3. The van der Waals surface area contributed by atoms with Gasteiger partial charge in [0.1, 0.15) is 17.7 Å². The van der Waals surface area contributed by atoms with E-state index in [9.17, 15) is 9.59 Å². The number of piperidine rings is 1. The molecule has 0 spiro atoms. The Kier molecular flexibility index (Phi) is 5.89. The fraction of sp³-hybridized carbons (Fsp3) is 0.524. The summed E-state index contributed by atoms with van der Waals surface area (Å²) in [5, 5.41) is 15.0. The second kappa shape index (κ2) is 8.73. The molecule has 2 amide bonds. The first-order valence-electron chi connectivity index (χ1n) is 10.4. The van der Waals surface area contributed by atoms with Gasteiger partial charge in [-0.05, 0) is 18.4 Å².